The van der Waals surface area contributed by atoms with Crippen LogP contribution in [0.4, 0.5) is 5.69 Å². The molecule has 0 bridgehead atoms. The van der Waals surface area contributed by atoms with Gasteiger partial charge in [0, 0.05) is 17.2 Å². The van der Waals surface area contributed by atoms with Gasteiger partial charge >= 0.3 is 0 Å². The van der Waals surface area contributed by atoms with Crippen molar-refractivity contribution in [2.45, 2.75) is 27.3 Å². The van der Waals surface area contributed by atoms with Crippen molar-refractivity contribution in [2.24, 2.45) is 0 Å². The number of hydrogen-bond acceptors (Lipinski definition) is 6. The largest absolute Gasteiger partial charge is 0.292 e. The number of nitro groups is 1. The normalized spacial score (nSPS) is 10.2. The Kier molecular flexibility index (Phi) is 4.55. The van der Waals surface area contributed by atoms with E-state index in [0.717, 1.165) is 4.68 Å². The van der Waals surface area contributed by atoms with Crippen LogP contribution < -0.4 is 5.56 Å². The van der Waals surface area contributed by atoms with Gasteiger partial charge in [0.25, 0.3) is 11.2 Å². The summed E-state index contributed by atoms with van der Waals surface area (Å²) >= 11 is 0. The van der Waals surface area contributed by atoms with E-state index in [-0.39, 0.29) is 16.8 Å². The Morgan fingerprint density at radius 1 is 1.38 bits per heavy atom. The van der Waals surface area contributed by atoms with Gasteiger partial charge < -0.3 is 0 Å². The molecule has 8 nitrogen and oxygen atoms in total. The first-order valence-corrected chi connectivity index (χ1v) is 7.03. The highest BCUT2D eigenvalue weighted by Gasteiger charge is 2.18. The van der Waals surface area contributed by atoms with Crippen LogP contribution in [0.2, 0.25) is 0 Å². The second-order valence-corrected chi connectivity index (χ2v) is 5.34. The molecule has 0 aliphatic carbocycles. The van der Waals surface area contributed by atoms with Gasteiger partial charge in [-0.25, -0.2) is 4.68 Å². The Bertz CT molecular complexity index is 954. The van der Waals surface area contributed by atoms with Gasteiger partial charge in [0.1, 0.15) is 18.2 Å². The summed E-state index contributed by atoms with van der Waals surface area (Å²) in [7, 11) is 0. The van der Waals surface area contributed by atoms with Crippen LogP contribution in [-0.2, 0) is 6.54 Å². The zero-order chi connectivity index (χ0) is 18.0. The number of benzene rings is 1. The summed E-state index contributed by atoms with van der Waals surface area (Å²) in [4.78, 5) is 34.9. The van der Waals surface area contributed by atoms with E-state index >= 15 is 0 Å². The number of nitrogens with zero attached hydrogens (tertiary/aromatic N) is 4. The van der Waals surface area contributed by atoms with Crippen LogP contribution in [0.25, 0.3) is 0 Å². The van der Waals surface area contributed by atoms with Gasteiger partial charge in [-0.05, 0) is 26.3 Å². The summed E-state index contributed by atoms with van der Waals surface area (Å²) in [6, 6.07) is 5.93. The topological polar surface area (TPSA) is 119 Å². The van der Waals surface area contributed by atoms with Crippen molar-refractivity contribution in [1.82, 2.24) is 9.78 Å². The number of carbonyl (C=O) groups excluding carboxylic acids is 1. The molecule has 2 rings (SSSR count). The van der Waals surface area contributed by atoms with E-state index in [4.69, 9.17) is 5.26 Å². The molecule has 8 heteroatoms. The molecular formula is C16H14N4O4. The standard InChI is InChI=1S/C16H14N4O4/c1-9-4-5-12(6-14(9)20(23)24)15(21)8-19-16(22)13(7-17)10(2)11(3)18-19/h4-6H,8H2,1-3H3. The fraction of sp³-hybridized carbons (Fsp3) is 0.250. The molecule has 0 radical (unpaired) electrons. The van der Waals surface area contributed by atoms with Gasteiger partial charge in [-0.3, -0.25) is 19.7 Å². The van der Waals surface area contributed by atoms with Crippen molar-refractivity contribution in [1.29, 1.82) is 5.26 Å². The number of rotatable bonds is 4. The fourth-order valence-corrected chi connectivity index (χ4v) is 2.22. The van der Waals surface area contributed by atoms with E-state index in [9.17, 15) is 19.7 Å². The molecule has 0 aliphatic heterocycles. The Morgan fingerprint density at radius 3 is 2.62 bits per heavy atom. The minimum absolute atomic E-state index is 0.0646. The molecule has 0 amide bonds. The molecule has 2 aromatic rings. The van der Waals surface area contributed by atoms with Crippen LogP contribution >= 0.6 is 0 Å². The number of Topliss-reactive ketones (excluding diaryl/α,β-unsaturated/α-hetero) is 1. The first kappa shape index (κ1) is 17.0. The molecule has 0 fully saturated rings. The molecule has 1 aromatic heterocycles. The van der Waals surface area contributed by atoms with Crippen molar-refractivity contribution in [2.75, 3.05) is 0 Å². The molecule has 0 saturated carbocycles. The van der Waals surface area contributed by atoms with Gasteiger partial charge in [0.15, 0.2) is 5.78 Å². The maximum Gasteiger partial charge on any atom is 0.285 e. The highest BCUT2D eigenvalue weighted by Crippen LogP contribution is 2.19. The molecule has 0 N–H and O–H groups in total. The monoisotopic (exact) mass is 326 g/mol. The van der Waals surface area contributed by atoms with E-state index in [1.165, 1.54) is 18.2 Å². The van der Waals surface area contributed by atoms with Crippen molar-refractivity contribution in [3.63, 3.8) is 0 Å². The van der Waals surface area contributed by atoms with Crippen LogP contribution in [0.3, 0.4) is 0 Å². The summed E-state index contributed by atoms with van der Waals surface area (Å²) in [5.41, 5.74) is 0.591. The van der Waals surface area contributed by atoms with Crippen molar-refractivity contribution < 1.29 is 9.72 Å². The smallest absolute Gasteiger partial charge is 0.285 e. The maximum absolute atomic E-state index is 12.3. The summed E-state index contributed by atoms with van der Waals surface area (Å²) in [6.07, 6.45) is 0. The van der Waals surface area contributed by atoms with Crippen molar-refractivity contribution in [3.8, 4) is 6.07 Å². The van der Waals surface area contributed by atoms with Crippen LogP contribution in [0, 0.1) is 42.2 Å². The van der Waals surface area contributed by atoms with E-state index < -0.39 is 22.8 Å². The van der Waals surface area contributed by atoms with E-state index in [1.54, 1.807) is 20.8 Å². The lowest BCUT2D eigenvalue weighted by molar-refractivity contribution is -0.385. The molecule has 0 unspecified atom stereocenters. The number of nitro benzene ring substituents is 1. The lowest BCUT2D eigenvalue weighted by Gasteiger charge is -2.08. The Hall–Kier alpha value is -3.34. The predicted molar refractivity (Wildman–Crippen MR) is 84.8 cm³/mol. The van der Waals surface area contributed by atoms with Crippen LogP contribution in [0.5, 0.6) is 0 Å². The first-order chi connectivity index (χ1) is 11.3. The van der Waals surface area contributed by atoms with Gasteiger partial charge in [-0.2, -0.15) is 10.4 Å². The molecular weight excluding hydrogens is 312 g/mol. The highest BCUT2D eigenvalue weighted by molar-refractivity contribution is 5.96. The Morgan fingerprint density at radius 2 is 2.04 bits per heavy atom. The number of aromatic nitrogens is 2. The molecule has 0 aliphatic rings. The molecule has 1 aromatic carbocycles. The second kappa shape index (κ2) is 6.42. The molecule has 0 atom stereocenters. The van der Waals surface area contributed by atoms with Crippen LogP contribution in [0.1, 0.15) is 32.7 Å². The third-order valence-corrected chi connectivity index (χ3v) is 3.77. The summed E-state index contributed by atoms with van der Waals surface area (Å²) in [6.45, 7) is 4.42. The van der Waals surface area contributed by atoms with Crippen molar-refractivity contribution in [3.05, 3.63) is 66.6 Å². The zero-order valence-corrected chi connectivity index (χ0v) is 13.4. The summed E-state index contributed by atoms with van der Waals surface area (Å²) in [5.74, 6) is -0.500. The van der Waals surface area contributed by atoms with Crippen LogP contribution in [0.15, 0.2) is 23.0 Å². The molecule has 122 valence electrons. The summed E-state index contributed by atoms with van der Waals surface area (Å²) in [5, 5.41) is 24.1. The van der Waals surface area contributed by atoms with E-state index in [1.807, 2.05) is 6.07 Å². The van der Waals surface area contributed by atoms with E-state index in [0.29, 0.717) is 16.8 Å². The first-order valence-electron chi connectivity index (χ1n) is 7.03. The second-order valence-electron chi connectivity index (χ2n) is 5.34. The highest BCUT2D eigenvalue weighted by atomic mass is 16.6. The number of aryl methyl sites for hydroxylation is 2. The average Bonchev–Trinajstić information content (AvgIpc) is 2.53. The minimum atomic E-state index is -0.657. The maximum atomic E-state index is 12.3. The number of ketones is 1. The quantitative estimate of drug-likeness (QED) is 0.480. The molecule has 0 saturated heterocycles. The number of hydrogen-bond donors (Lipinski definition) is 0. The van der Waals surface area contributed by atoms with Crippen LogP contribution in [-0.4, -0.2) is 20.5 Å². The fourth-order valence-electron chi connectivity index (χ4n) is 2.22. The van der Waals surface area contributed by atoms with Crippen molar-refractivity contribution >= 4 is 11.5 Å². The SMILES string of the molecule is Cc1ccc(C(=O)Cn2nc(C)c(C)c(C#N)c2=O)cc1[N+](=O)[O-]. The molecule has 0 spiro atoms. The zero-order valence-electron chi connectivity index (χ0n) is 13.4. The lowest BCUT2D eigenvalue weighted by atomic mass is 10.1. The van der Waals surface area contributed by atoms with E-state index in [2.05, 4.69) is 5.10 Å². The number of nitriles is 1. The minimum Gasteiger partial charge on any atom is -0.292 e. The average molecular weight is 326 g/mol. The van der Waals surface area contributed by atoms with Gasteiger partial charge in [0.05, 0.1) is 10.6 Å². The molecule has 24 heavy (non-hydrogen) atoms. The summed E-state index contributed by atoms with van der Waals surface area (Å²) < 4.78 is 0.912. The molecule has 1 heterocycles. The van der Waals surface area contributed by atoms with Gasteiger partial charge in [0.2, 0.25) is 0 Å². The Labute approximate surface area is 137 Å². The van der Waals surface area contributed by atoms with Gasteiger partial charge in [-0.1, -0.05) is 12.1 Å². The lowest BCUT2D eigenvalue weighted by Crippen LogP contribution is -2.30. The van der Waals surface area contributed by atoms with Gasteiger partial charge in [-0.15, -0.1) is 0 Å². The third-order valence-electron chi connectivity index (χ3n) is 3.77. The third kappa shape index (κ3) is 3.05. The predicted octanol–water partition coefficient (Wildman–Crippen LogP) is 1.83. The number of carbonyl (C=O) groups is 1. The Balaban J connectivity index is 2.43.